The fourth-order valence-electron chi connectivity index (χ4n) is 3.41. The minimum absolute atomic E-state index is 0.0809. The lowest BCUT2D eigenvalue weighted by molar-refractivity contribution is 0.948. The number of aliphatic imine (C=N–C) groups is 2. The van der Waals surface area contributed by atoms with Crippen molar-refractivity contribution >= 4 is 28.9 Å². The van der Waals surface area contributed by atoms with Crippen molar-refractivity contribution in [2.45, 2.75) is 93.4 Å². The minimum Gasteiger partial charge on any atom is -0.388 e. The molecule has 0 aromatic heterocycles. The van der Waals surface area contributed by atoms with Crippen LogP contribution < -0.4 is 22.9 Å². The highest BCUT2D eigenvalue weighted by Crippen LogP contribution is 2.12. The van der Waals surface area contributed by atoms with Crippen LogP contribution >= 0.6 is 0 Å². The van der Waals surface area contributed by atoms with Crippen molar-refractivity contribution in [2.24, 2.45) is 32.9 Å². The Bertz CT molecular complexity index is 999. The van der Waals surface area contributed by atoms with Crippen molar-refractivity contribution in [1.29, 1.82) is 16.2 Å². The molecule has 9 nitrogen and oxygen atoms in total. The predicted molar refractivity (Wildman–Crippen MR) is 192 cm³/mol. The fourth-order valence-corrected chi connectivity index (χ4v) is 3.41. The van der Waals surface area contributed by atoms with Crippen molar-refractivity contribution in [3.63, 3.8) is 0 Å². The lowest BCUT2D eigenvalue weighted by atomic mass is 10.0. The number of nitrogens with zero attached hydrogens (tertiary/aromatic N) is 2. The molecule has 11 N–H and O–H groups in total. The molecule has 0 spiro atoms. The van der Waals surface area contributed by atoms with Crippen LogP contribution in [0.5, 0.6) is 0 Å². The highest BCUT2D eigenvalue weighted by Gasteiger charge is 2.02. The van der Waals surface area contributed by atoms with Gasteiger partial charge in [0.2, 0.25) is 0 Å². The molecule has 2 aromatic carbocycles. The van der Waals surface area contributed by atoms with Crippen molar-refractivity contribution in [3.8, 4) is 0 Å². The molecule has 0 aliphatic carbocycles. The van der Waals surface area contributed by atoms with Gasteiger partial charge >= 0.3 is 0 Å². The van der Waals surface area contributed by atoms with E-state index in [9.17, 15) is 0 Å². The van der Waals surface area contributed by atoms with Gasteiger partial charge in [-0.15, -0.1) is 0 Å². The van der Waals surface area contributed by atoms with E-state index >= 15 is 0 Å². The standard InChI is InChI=1S/C15H16N4.C6H11N.C5H9N.C3H8N2.2C2H6.CH5N/c16-14(17)12-5-1-10(2-6-12)9-11-3-7-13(8-4-11)15(18)19;1-2-6-4-3-5-7-6;1-5-3-2-4-6-5;1-2-3(4)5;3*1-2/h1-8H,9H2,(H3,16,17)(H3,18,19);2-5H2,1H3;2-4H2,1H3;2H2,1H3,(H3,4,5);2*1-2H3;2H2,1H3. The van der Waals surface area contributed by atoms with Crippen LogP contribution in [-0.2, 0) is 6.42 Å². The third-order valence-corrected chi connectivity index (χ3v) is 5.76. The smallest absolute Gasteiger partial charge is 0.122 e. The molecule has 0 amide bonds. The monoisotopic (exact) mass is 596 g/mol. The van der Waals surface area contributed by atoms with Crippen LogP contribution in [0.3, 0.4) is 0 Å². The molecule has 9 heteroatoms. The number of benzene rings is 2. The zero-order chi connectivity index (χ0) is 33.6. The number of rotatable bonds is 6. The van der Waals surface area contributed by atoms with Crippen molar-refractivity contribution in [3.05, 3.63) is 70.8 Å². The zero-order valence-corrected chi connectivity index (χ0v) is 28.2. The van der Waals surface area contributed by atoms with Crippen LogP contribution in [0.25, 0.3) is 0 Å². The molecule has 242 valence electrons. The largest absolute Gasteiger partial charge is 0.388 e. The molecule has 0 unspecified atom stereocenters. The van der Waals surface area contributed by atoms with Gasteiger partial charge in [-0.1, -0.05) is 90.1 Å². The summed E-state index contributed by atoms with van der Waals surface area (Å²) in [6, 6.07) is 15.3. The predicted octanol–water partition coefficient (Wildman–Crippen LogP) is 6.68. The topological polar surface area (TPSA) is 200 Å². The molecule has 4 rings (SSSR count). The highest BCUT2D eigenvalue weighted by molar-refractivity contribution is 5.95. The van der Waals surface area contributed by atoms with Gasteiger partial charge in [-0.2, -0.15) is 0 Å². The van der Waals surface area contributed by atoms with Gasteiger partial charge in [0.1, 0.15) is 11.7 Å². The minimum atomic E-state index is 0.0809. The van der Waals surface area contributed by atoms with E-state index in [-0.39, 0.29) is 17.5 Å². The summed E-state index contributed by atoms with van der Waals surface area (Å²) in [4.78, 5) is 8.42. The van der Waals surface area contributed by atoms with Crippen LogP contribution in [0.2, 0.25) is 0 Å². The van der Waals surface area contributed by atoms with Gasteiger partial charge in [0.15, 0.2) is 0 Å². The quantitative estimate of drug-likeness (QED) is 0.144. The molecule has 0 saturated heterocycles. The molecule has 2 aromatic rings. The van der Waals surface area contributed by atoms with Crippen LogP contribution in [0.15, 0.2) is 58.5 Å². The summed E-state index contributed by atoms with van der Waals surface area (Å²) in [5.74, 6) is 0.416. The average molecular weight is 596 g/mol. The van der Waals surface area contributed by atoms with Crippen LogP contribution in [-0.4, -0.2) is 49.1 Å². The van der Waals surface area contributed by atoms with E-state index < -0.39 is 0 Å². The van der Waals surface area contributed by atoms with Gasteiger partial charge in [-0.25, -0.2) is 0 Å². The molecule has 0 fully saturated rings. The molecule has 0 saturated carbocycles. The van der Waals surface area contributed by atoms with Crippen LogP contribution in [0, 0.1) is 16.2 Å². The normalized spacial score (nSPS) is 11.9. The molecule has 43 heavy (non-hydrogen) atoms. The maximum atomic E-state index is 7.34. The van der Waals surface area contributed by atoms with E-state index in [1.165, 1.54) is 50.6 Å². The lowest BCUT2D eigenvalue weighted by Gasteiger charge is -2.05. The number of hydrogen-bond acceptors (Lipinski definition) is 6. The van der Waals surface area contributed by atoms with Crippen LogP contribution in [0.4, 0.5) is 0 Å². The second kappa shape index (κ2) is 29.6. The van der Waals surface area contributed by atoms with Gasteiger partial charge < -0.3 is 22.9 Å². The summed E-state index contributed by atoms with van der Waals surface area (Å²) in [5, 5.41) is 21.2. The van der Waals surface area contributed by atoms with E-state index in [0.717, 1.165) is 41.8 Å². The van der Waals surface area contributed by atoms with E-state index in [1.54, 1.807) is 0 Å². The van der Waals surface area contributed by atoms with Gasteiger partial charge in [0.05, 0.1) is 5.84 Å². The zero-order valence-electron chi connectivity index (χ0n) is 28.2. The van der Waals surface area contributed by atoms with Crippen molar-refractivity contribution in [1.82, 2.24) is 0 Å². The summed E-state index contributed by atoms with van der Waals surface area (Å²) in [6.45, 7) is 16.3. The van der Waals surface area contributed by atoms with Gasteiger partial charge in [0.25, 0.3) is 0 Å². The second-order valence-electron chi connectivity index (χ2n) is 8.90. The third-order valence-electron chi connectivity index (χ3n) is 5.76. The molecule has 0 bridgehead atoms. The second-order valence-corrected chi connectivity index (χ2v) is 8.90. The lowest BCUT2D eigenvalue weighted by Crippen LogP contribution is -2.11. The summed E-state index contributed by atoms with van der Waals surface area (Å²) in [6.07, 6.45) is 7.71. The van der Waals surface area contributed by atoms with E-state index in [4.69, 9.17) is 33.4 Å². The number of nitrogen functional groups attached to an aromatic ring is 2. The summed E-state index contributed by atoms with van der Waals surface area (Å²) in [5.41, 5.74) is 26.7. The third kappa shape index (κ3) is 23.4. The SMILES string of the molecule is CC.CC.CC1=NCCC1.CCC(=N)N.CCC1=NCCC1.CN.N=C(N)c1ccc(Cc2ccc(C(=N)N)cc2)cc1. The van der Waals surface area contributed by atoms with Gasteiger partial charge in [-0.05, 0) is 63.6 Å². The Morgan fingerprint density at radius 3 is 1.23 bits per heavy atom. The first-order valence-corrected chi connectivity index (χ1v) is 15.5. The van der Waals surface area contributed by atoms with E-state index in [0.29, 0.717) is 6.42 Å². The Kier molecular flexibility index (Phi) is 30.1. The number of amidine groups is 3. The maximum Gasteiger partial charge on any atom is 0.122 e. The molecular formula is C34H61N9. The van der Waals surface area contributed by atoms with E-state index in [1.807, 2.05) is 83.1 Å². The Morgan fingerprint density at radius 1 is 0.674 bits per heavy atom. The maximum absolute atomic E-state index is 7.34. The first-order valence-electron chi connectivity index (χ1n) is 15.5. The molecule has 0 radical (unpaired) electrons. The Morgan fingerprint density at radius 2 is 1.05 bits per heavy atom. The molecular weight excluding hydrogens is 534 g/mol. The Hall–Kier alpha value is -3.85. The average Bonchev–Trinajstić information content (AvgIpc) is 3.76. The Labute approximate surface area is 262 Å². The van der Waals surface area contributed by atoms with E-state index in [2.05, 4.69) is 29.6 Å². The summed E-state index contributed by atoms with van der Waals surface area (Å²) in [7, 11) is 1.50. The summed E-state index contributed by atoms with van der Waals surface area (Å²) >= 11 is 0. The fraction of sp³-hybridized carbons (Fsp3) is 0.500. The van der Waals surface area contributed by atoms with Crippen molar-refractivity contribution in [2.75, 3.05) is 20.1 Å². The summed E-state index contributed by atoms with van der Waals surface area (Å²) < 4.78 is 0. The number of nitrogens with two attached hydrogens (primary N) is 4. The molecule has 2 aliphatic heterocycles. The van der Waals surface area contributed by atoms with Gasteiger partial charge in [-0.3, -0.25) is 26.2 Å². The number of nitrogens with one attached hydrogen (secondary N) is 3. The number of hydrogen-bond donors (Lipinski definition) is 7. The molecule has 0 atom stereocenters. The Balaban J connectivity index is -0.000000547. The molecule has 2 aliphatic rings. The van der Waals surface area contributed by atoms with Crippen molar-refractivity contribution < 1.29 is 0 Å². The van der Waals surface area contributed by atoms with Gasteiger partial charge in [0, 0.05) is 42.1 Å². The van der Waals surface area contributed by atoms with Crippen LogP contribution in [0.1, 0.15) is 109 Å². The molecule has 2 heterocycles. The first kappa shape index (κ1) is 43.6. The highest BCUT2D eigenvalue weighted by atomic mass is 14.8. The first-order chi connectivity index (χ1) is 20.7.